The molecule has 1 aromatic carbocycles. The van der Waals surface area contributed by atoms with Gasteiger partial charge in [-0.25, -0.2) is 4.39 Å². The fourth-order valence-electron chi connectivity index (χ4n) is 1.78. The van der Waals surface area contributed by atoms with E-state index in [2.05, 4.69) is 0 Å². The van der Waals surface area contributed by atoms with Gasteiger partial charge in [0.05, 0.1) is 18.2 Å². The lowest BCUT2D eigenvalue weighted by Gasteiger charge is -2.10. The highest BCUT2D eigenvalue weighted by atomic mass is 35.5. The Balaban J connectivity index is 2.46. The smallest absolute Gasteiger partial charge is 0.198 e. The maximum atomic E-state index is 14.0. The normalized spacial score (nSPS) is 11.7. The van der Waals surface area contributed by atoms with E-state index < -0.39 is 17.5 Å². The highest BCUT2D eigenvalue weighted by molar-refractivity contribution is 7.12. The summed E-state index contributed by atoms with van der Waals surface area (Å²) in [5.41, 5.74) is -0.0274. The van der Waals surface area contributed by atoms with Crippen LogP contribution in [0.1, 0.15) is 21.2 Å². The molecule has 1 aromatic heterocycles. The van der Waals surface area contributed by atoms with Crippen molar-refractivity contribution in [3.8, 4) is 11.8 Å². The summed E-state index contributed by atoms with van der Waals surface area (Å²) in [6.07, 6.45) is 0. The van der Waals surface area contributed by atoms with E-state index in [9.17, 15) is 14.4 Å². The van der Waals surface area contributed by atoms with Crippen LogP contribution in [0.2, 0.25) is 5.02 Å². The van der Waals surface area contributed by atoms with Gasteiger partial charge in [-0.05, 0) is 17.5 Å². The molecule has 0 N–H and O–H groups in total. The molecule has 102 valence electrons. The van der Waals surface area contributed by atoms with Crippen molar-refractivity contribution in [3.05, 3.63) is 50.9 Å². The minimum atomic E-state index is -1.25. The van der Waals surface area contributed by atoms with Gasteiger partial charge in [-0.15, -0.1) is 11.3 Å². The molecule has 0 saturated heterocycles. The molecule has 1 atom stereocenters. The molecular weight excluding hydrogens is 301 g/mol. The first-order valence-corrected chi connectivity index (χ1v) is 6.85. The predicted molar refractivity (Wildman–Crippen MR) is 75.0 cm³/mol. The molecule has 2 rings (SSSR count). The van der Waals surface area contributed by atoms with Crippen molar-refractivity contribution in [2.75, 3.05) is 7.11 Å². The number of methoxy groups -OCH3 is 1. The summed E-state index contributed by atoms with van der Waals surface area (Å²) in [7, 11) is 1.43. The van der Waals surface area contributed by atoms with Crippen LogP contribution in [-0.4, -0.2) is 12.9 Å². The fourth-order valence-corrected chi connectivity index (χ4v) is 2.79. The highest BCUT2D eigenvalue weighted by Gasteiger charge is 2.28. The lowest BCUT2D eigenvalue weighted by molar-refractivity contribution is 0.0979. The fraction of sp³-hybridized carbons (Fsp3) is 0.143. The van der Waals surface area contributed by atoms with E-state index in [1.165, 1.54) is 25.3 Å². The molecule has 0 aliphatic carbocycles. The summed E-state index contributed by atoms with van der Waals surface area (Å²) in [6.45, 7) is 0. The van der Waals surface area contributed by atoms with Gasteiger partial charge >= 0.3 is 0 Å². The van der Waals surface area contributed by atoms with Crippen molar-refractivity contribution in [1.29, 1.82) is 5.26 Å². The van der Waals surface area contributed by atoms with Crippen LogP contribution in [0.15, 0.2) is 29.6 Å². The number of thiophene rings is 1. The van der Waals surface area contributed by atoms with Crippen LogP contribution < -0.4 is 4.74 Å². The molecule has 0 amide bonds. The summed E-state index contributed by atoms with van der Waals surface area (Å²) in [5.74, 6) is -2.12. The Morgan fingerprint density at radius 2 is 2.25 bits per heavy atom. The standard InChI is InChI=1S/C14H9ClFNO2S/c1-19-11-5-6-20-14(11)13(18)9(7-17)8-3-2-4-10(15)12(8)16/h2-6,9H,1H3. The number of ether oxygens (including phenoxy) is 1. The molecule has 3 nitrogen and oxygen atoms in total. The summed E-state index contributed by atoms with van der Waals surface area (Å²) in [4.78, 5) is 12.7. The van der Waals surface area contributed by atoms with E-state index in [1.807, 2.05) is 6.07 Å². The zero-order valence-corrected chi connectivity index (χ0v) is 12.0. The quantitative estimate of drug-likeness (QED) is 0.801. The van der Waals surface area contributed by atoms with Crippen molar-refractivity contribution in [2.24, 2.45) is 0 Å². The topological polar surface area (TPSA) is 50.1 Å². The zero-order valence-electron chi connectivity index (χ0n) is 10.4. The average Bonchev–Trinajstić information content (AvgIpc) is 2.92. The van der Waals surface area contributed by atoms with Gasteiger partial charge in [0.25, 0.3) is 0 Å². The minimum absolute atomic E-state index is 0.0274. The van der Waals surface area contributed by atoms with Gasteiger partial charge in [-0.2, -0.15) is 5.26 Å². The van der Waals surface area contributed by atoms with Gasteiger partial charge in [0.15, 0.2) is 5.78 Å². The molecule has 0 bridgehead atoms. The molecule has 0 fully saturated rings. The zero-order chi connectivity index (χ0) is 14.7. The van der Waals surface area contributed by atoms with E-state index in [0.29, 0.717) is 10.6 Å². The van der Waals surface area contributed by atoms with Crippen LogP contribution in [-0.2, 0) is 0 Å². The number of nitriles is 1. The first-order valence-electron chi connectivity index (χ1n) is 5.59. The Morgan fingerprint density at radius 1 is 1.50 bits per heavy atom. The number of carbonyl (C=O) groups excluding carboxylic acids is 1. The first kappa shape index (κ1) is 14.5. The van der Waals surface area contributed by atoms with Crippen LogP contribution >= 0.6 is 22.9 Å². The van der Waals surface area contributed by atoms with E-state index in [0.717, 1.165) is 11.3 Å². The number of hydrogen-bond donors (Lipinski definition) is 0. The SMILES string of the molecule is COc1ccsc1C(=O)C(C#N)c1cccc(Cl)c1F. The van der Waals surface area contributed by atoms with Gasteiger partial charge in [-0.3, -0.25) is 4.79 Å². The molecule has 1 heterocycles. The van der Waals surface area contributed by atoms with Crippen LogP contribution in [0.4, 0.5) is 4.39 Å². The van der Waals surface area contributed by atoms with Crippen LogP contribution in [0.3, 0.4) is 0 Å². The van der Waals surface area contributed by atoms with E-state index in [1.54, 1.807) is 11.4 Å². The molecule has 2 aromatic rings. The Hall–Kier alpha value is -1.90. The van der Waals surface area contributed by atoms with E-state index in [-0.39, 0.29) is 10.6 Å². The molecular formula is C14H9ClFNO2S. The third-order valence-corrected chi connectivity index (χ3v) is 3.96. The van der Waals surface area contributed by atoms with Crippen LogP contribution in [0.25, 0.3) is 0 Å². The minimum Gasteiger partial charge on any atom is -0.495 e. The number of carbonyl (C=O) groups is 1. The van der Waals surface area contributed by atoms with Crippen molar-refractivity contribution in [2.45, 2.75) is 5.92 Å². The maximum absolute atomic E-state index is 14.0. The highest BCUT2D eigenvalue weighted by Crippen LogP contribution is 2.32. The third kappa shape index (κ3) is 2.53. The Labute approximate surface area is 124 Å². The second kappa shape index (κ2) is 6.04. The van der Waals surface area contributed by atoms with Crippen molar-refractivity contribution >= 4 is 28.7 Å². The number of hydrogen-bond acceptors (Lipinski definition) is 4. The third-order valence-electron chi connectivity index (χ3n) is 2.76. The summed E-state index contributed by atoms with van der Waals surface area (Å²) in [5, 5.41) is 10.8. The van der Waals surface area contributed by atoms with Gasteiger partial charge in [0.1, 0.15) is 22.4 Å². The van der Waals surface area contributed by atoms with Crippen molar-refractivity contribution in [3.63, 3.8) is 0 Å². The molecule has 0 radical (unpaired) electrons. The first-order chi connectivity index (χ1) is 9.60. The molecule has 0 spiro atoms. The molecule has 1 unspecified atom stereocenters. The predicted octanol–water partition coefficient (Wildman–Crippen LogP) is 4.04. The number of nitrogens with zero attached hydrogens (tertiary/aromatic N) is 1. The monoisotopic (exact) mass is 309 g/mol. The largest absolute Gasteiger partial charge is 0.495 e. The summed E-state index contributed by atoms with van der Waals surface area (Å²) in [6, 6.07) is 7.71. The number of ketones is 1. The summed E-state index contributed by atoms with van der Waals surface area (Å²) >= 11 is 6.83. The van der Waals surface area contributed by atoms with Gasteiger partial charge in [0.2, 0.25) is 0 Å². The van der Waals surface area contributed by atoms with E-state index in [4.69, 9.17) is 16.3 Å². The molecule has 0 aliphatic heterocycles. The number of rotatable bonds is 4. The lowest BCUT2D eigenvalue weighted by Crippen LogP contribution is -2.12. The number of halogens is 2. The van der Waals surface area contributed by atoms with Crippen molar-refractivity contribution in [1.82, 2.24) is 0 Å². The Bertz CT molecular complexity index is 693. The molecule has 20 heavy (non-hydrogen) atoms. The van der Waals surface area contributed by atoms with Gasteiger partial charge < -0.3 is 4.74 Å². The molecule has 0 aliphatic rings. The second-order valence-corrected chi connectivity index (χ2v) is 5.21. The van der Waals surface area contributed by atoms with E-state index >= 15 is 0 Å². The lowest BCUT2D eigenvalue weighted by atomic mass is 9.94. The van der Waals surface area contributed by atoms with Crippen LogP contribution in [0, 0.1) is 17.1 Å². The Morgan fingerprint density at radius 3 is 2.90 bits per heavy atom. The van der Waals surface area contributed by atoms with Crippen molar-refractivity contribution < 1.29 is 13.9 Å². The number of benzene rings is 1. The van der Waals surface area contributed by atoms with Gasteiger partial charge in [-0.1, -0.05) is 23.7 Å². The maximum Gasteiger partial charge on any atom is 0.198 e. The average molecular weight is 310 g/mol. The van der Waals surface area contributed by atoms with Gasteiger partial charge in [0, 0.05) is 5.56 Å². The number of Topliss-reactive ketones (excluding diaryl/α,β-unsaturated/α-hetero) is 1. The summed E-state index contributed by atoms with van der Waals surface area (Å²) < 4.78 is 19.0. The Kier molecular flexibility index (Phi) is 4.38. The molecule has 0 saturated carbocycles. The second-order valence-electron chi connectivity index (χ2n) is 3.89. The van der Waals surface area contributed by atoms with Crippen LogP contribution in [0.5, 0.6) is 5.75 Å². The molecule has 6 heteroatoms.